The van der Waals surface area contributed by atoms with Gasteiger partial charge in [0.25, 0.3) is 6.43 Å². The van der Waals surface area contributed by atoms with Crippen LogP contribution in [0.3, 0.4) is 0 Å². The fourth-order valence-corrected chi connectivity index (χ4v) is 2.22. The van der Waals surface area contributed by atoms with E-state index in [1.54, 1.807) is 22.6 Å². The maximum atomic E-state index is 13.5. The Morgan fingerprint density at radius 2 is 2.06 bits per heavy atom. The highest BCUT2D eigenvalue weighted by Gasteiger charge is 2.16. The predicted octanol–water partition coefficient (Wildman–Crippen LogP) is 3.60. The molecule has 90 valence electrons. The molecule has 8 heteroatoms. The SMILES string of the molecule is Fc1c(Cl)ccc(-n2cc(C(F)F)nn2)c1I. The quantitative estimate of drug-likeness (QED) is 0.595. The molecule has 1 heterocycles. The maximum Gasteiger partial charge on any atom is 0.283 e. The zero-order valence-electron chi connectivity index (χ0n) is 8.04. The van der Waals surface area contributed by atoms with Crippen molar-refractivity contribution in [1.29, 1.82) is 0 Å². The summed E-state index contributed by atoms with van der Waals surface area (Å²) in [7, 11) is 0. The Morgan fingerprint density at radius 3 is 2.65 bits per heavy atom. The second kappa shape index (κ2) is 4.81. The van der Waals surface area contributed by atoms with Gasteiger partial charge in [0.1, 0.15) is 5.69 Å². The molecule has 3 nitrogen and oxygen atoms in total. The van der Waals surface area contributed by atoms with Crippen LogP contribution in [-0.4, -0.2) is 15.0 Å². The van der Waals surface area contributed by atoms with Crippen LogP contribution in [0.5, 0.6) is 0 Å². The molecule has 0 amide bonds. The molecule has 2 rings (SSSR count). The third-order valence-electron chi connectivity index (χ3n) is 2.00. The lowest BCUT2D eigenvalue weighted by atomic mass is 10.3. The molecule has 1 aromatic heterocycles. The van der Waals surface area contributed by atoms with E-state index in [9.17, 15) is 13.2 Å². The van der Waals surface area contributed by atoms with Crippen LogP contribution in [0, 0.1) is 9.39 Å². The van der Waals surface area contributed by atoms with E-state index in [0.29, 0.717) is 5.69 Å². The molecule has 0 saturated carbocycles. The molecule has 17 heavy (non-hydrogen) atoms. The van der Waals surface area contributed by atoms with Crippen molar-refractivity contribution in [2.75, 3.05) is 0 Å². The molecule has 0 fully saturated rings. The minimum Gasteiger partial charge on any atom is -0.219 e. The van der Waals surface area contributed by atoms with E-state index in [2.05, 4.69) is 10.3 Å². The molecule has 0 aliphatic carbocycles. The molecular formula is C9H4ClF3IN3. The van der Waals surface area contributed by atoms with Crippen LogP contribution in [0.25, 0.3) is 5.69 Å². The fraction of sp³-hybridized carbons (Fsp3) is 0.111. The number of halogens is 5. The molecule has 0 aliphatic rings. The number of hydrogen-bond acceptors (Lipinski definition) is 2. The van der Waals surface area contributed by atoms with Gasteiger partial charge in [-0.15, -0.1) is 5.10 Å². The molecule has 0 unspecified atom stereocenters. The zero-order chi connectivity index (χ0) is 12.6. The summed E-state index contributed by atoms with van der Waals surface area (Å²) in [5, 5.41) is 6.77. The Labute approximate surface area is 113 Å². The van der Waals surface area contributed by atoms with Gasteiger partial charge in [0.15, 0.2) is 5.82 Å². The van der Waals surface area contributed by atoms with E-state index in [-0.39, 0.29) is 8.59 Å². The Balaban J connectivity index is 2.49. The summed E-state index contributed by atoms with van der Waals surface area (Å²) in [5.41, 5.74) is -0.150. The number of hydrogen-bond donors (Lipinski definition) is 0. The van der Waals surface area contributed by atoms with Gasteiger partial charge in [-0.25, -0.2) is 17.9 Å². The summed E-state index contributed by atoms with van der Waals surface area (Å²) >= 11 is 7.31. The fourth-order valence-electron chi connectivity index (χ4n) is 1.19. The van der Waals surface area contributed by atoms with Crippen LogP contribution in [0.2, 0.25) is 5.02 Å². The molecule has 0 bridgehead atoms. The molecule has 0 aliphatic heterocycles. The summed E-state index contributed by atoms with van der Waals surface area (Å²) in [6.45, 7) is 0. The average molecular weight is 374 g/mol. The van der Waals surface area contributed by atoms with Crippen LogP contribution >= 0.6 is 34.2 Å². The number of alkyl halides is 2. The van der Waals surface area contributed by atoms with Gasteiger partial charge < -0.3 is 0 Å². The third kappa shape index (κ3) is 2.39. The Bertz CT molecular complexity index is 558. The number of nitrogens with zero attached hydrogens (tertiary/aromatic N) is 3. The van der Waals surface area contributed by atoms with Gasteiger partial charge in [0, 0.05) is 0 Å². The van der Waals surface area contributed by atoms with Gasteiger partial charge in [0.2, 0.25) is 0 Å². The third-order valence-corrected chi connectivity index (χ3v) is 3.31. The van der Waals surface area contributed by atoms with E-state index in [1.165, 1.54) is 12.1 Å². The number of aromatic nitrogens is 3. The predicted molar refractivity (Wildman–Crippen MR) is 64.0 cm³/mol. The lowest BCUT2D eigenvalue weighted by molar-refractivity contribution is 0.146. The van der Waals surface area contributed by atoms with Crippen molar-refractivity contribution in [3.63, 3.8) is 0 Å². The largest absolute Gasteiger partial charge is 0.283 e. The van der Waals surface area contributed by atoms with Gasteiger partial charge in [0.05, 0.1) is 20.5 Å². The van der Waals surface area contributed by atoms with Gasteiger partial charge in [-0.1, -0.05) is 16.8 Å². The van der Waals surface area contributed by atoms with E-state index in [1.807, 2.05) is 0 Å². The Kier molecular flexibility index (Phi) is 3.57. The lowest BCUT2D eigenvalue weighted by Gasteiger charge is -2.05. The molecule has 1 aromatic carbocycles. The van der Waals surface area contributed by atoms with Crippen molar-refractivity contribution >= 4 is 34.2 Å². The molecule has 0 N–H and O–H groups in total. The van der Waals surface area contributed by atoms with Crippen molar-refractivity contribution in [3.05, 3.63) is 38.4 Å². The van der Waals surface area contributed by atoms with Gasteiger partial charge >= 0.3 is 0 Å². The smallest absolute Gasteiger partial charge is 0.219 e. The highest BCUT2D eigenvalue weighted by atomic mass is 127. The highest BCUT2D eigenvalue weighted by molar-refractivity contribution is 14.1. The summed E-state index contributed by atoms with van der Waals surface area (Å²) in [6.07, 6.45) is -1.66. The molecule has 0 saturated heterocycles. The van der Waals surface area contributed by atoms with E-state index < -0.39 is 17.9 Å². The van der Waals surface area contributed by atoms with Crippen molar-refractivity contribution < 1.29 is 13.2 Å². The first kappa shape index (κ1) is 12.6. The van der Waals surface area contributed by atoms with Gasteiger partial charge in [-0.2, -0.15) is 0 Å². The van der Waals surface area contributed by atoms with Crippen molar-refractivity contribution in [3.8, 4) is 5.69 Å². The van der Waals surface area contributed by atoms with Crippen LogP contribution in [0.1, 0.15) is 12.1 Å². The van der Waals surface area contributed by atoms with E-state index >= 15 is 0 Å². The summed E-state index contributed by atoms with van der Waals surface area (Å²) < 4.78 is 39.4. The molecule has 0 atom stereocenters. The van der Waals surface area contributed by atoms with Crippen LogP contribution in [-0.2, 0) is 0 Å². The van der Waals surface area contributed by atoms with Crippen molar-refractivity contribution in [1.82, 2.24) is 15.0 Å². The second-order valence-electron chi connectivity index (χ2n) is 3.08. The number of rotatable bonds is 2. The highest BCUT2D eigenvalue weighted by Crippen LogP contribution is 2.26. The first-order chi connectivity index (χ1) is 8.00. The van der Waals surface area contributed by atoms with Crippen LogP contribution < -0.4 is 0 Å². The minimum atomic E-state index is -2.71. The number of benzene rings is 1. The lowest BCUT2D eigenvalue weighted by Crippen LogP contribution is -2.00. The molecular weight excluding hydrogens is 369 g/mol. The Hall–Kier alpha value is -0.830. The topological polar surface area (TPSA) is 30.7 Å². The van der Waals surface area contributed by atoms with Gasteiger partial charge in [-0.3, -0.25) is 0 Å². The standard InChI is InChI=1S/C9H4ClF3IN3/c10-4-1-2-6(8(14)7(4)11)17-3-5(9(12)13)15-16-17/h1-3,9H. The van der Waals surface area contributed by atoms with E-state index in [0.717, 1.165) is 10.9 Å². The zero-order valence-corrected chi connectivity index (χ0v) is 11.0. The van der Waals surface area contributed by atoms with E-state index in [4.69, 9.17) is 11.6 Å². The molecule has 0 spiro atoms. The maximum absolute atomic E-state index is 13.5. The molecule has 2 aromatic rings. The normalized spacial score (nSPS) is 11.2. The summed E-state index contributed by atoms with van der Waals surface area (Å²) in [6, 6.07) is 2.81. The average Bonchev–Trinajstić information content (AvgIpc) is 2.75. The first-order valence-electron chi connectivity index (χ1n) is 4.35. The van der Waals surface area contributed by atoms with Crippen molar-refractivity contribution in [2.24, 2.45) is 0 Å². The van der Waals surface area contributed by atoms with Crippen molar-refractivity contribution in [2.45, 2.75) is 6.43 Å². The monoisotopic (exact) mass is 373 g/mol. The summed E-state index contributed by atoms with van der Waals surface area (Å²) in [4.78, 5) is 0. The minimum absolute atomic E-state index is 0.0349. The Morgan fingerprint density at radius 1 is 1.35 bits per heavy atom. The van der Waals surface area contributed by atoms with Crippen LogP contribution in [0.4, 0.5) is 13.2 Å². The first-order valence-corrected chi connectivity index (χ1v) is 5.80. The van der Waals surface area contributed by atoms with Crippen LogP contribution in [0.15, 0.2) is 18.3 Å². The van der Waals surface area contributed by atoms with Gasteiger partial charge in [-0.05, 0) is 34.7 Å². The second-order valence-corrected chi connectivity index (χ2v) is 4.57. The summed E-state index contributed by atoms with van der Waals surface area (Å²) in [5.74, 6) is -0.612. The molecule has 0 radical (unpaired) electrons.